The summed E-state index contributed by atoms with van der Waals surface area (Å²) in [5, 5.41) is 6.10. The number of ether oxygens (including phenoxy) is 2. The van der Waals surface area contributed by atoms with Crippen molar-refractivity contribution in [1.82, 2.24) is 10.6 Å². The quantitative estimate of drug-likeness (QED) is 0.891. The Morgan fingerprint density at radius 1 is 1.43 bits per heavy atom. The van der Waals surface area contributed by atoms with Crippen molar-refractivity contribution in [3.8, 4) is 11.5 Å². The fourth-order valence-corrected chi connectivity index (χ4v) is 2.23. The third-order valence-electron chi connectivity index (χ3n) is 3.29. The second kappa shape index (κ2) is 5.93. The Labute approximate surface area is 126 Å². The molecule has 1 aliphatic rings. The molecule has 0 saturated carbocycles. The monoisotopic (exact) mass is 292 g/mol. The van der Waals surface area contributed by atoms with Crippen molar-refractivity contribution in [2.24, 2.45) is 0 Å². The zero-order valence-electron chi connectivity index (χ0n) is 13.3. The van der Waals surface area contributed by atoms with E-state index in [0.717, 1.165) is 11.3 Å². The van der Waals surface area contributed by atoms with E-state index in [1.807, 2.05) is 46.0 Å². The second-order valence-electron chi connectivity index (χ2n) is 6.35. The number of nitrogens with one attached hydrogen (secondary N) is 2. The first kappa shape index (κ1) is 15.6. The molecular formula is C16H24N2O3. The van der Waals surface area contributed by atoms with Crippen molar-refractivity contribution in [1.29, 1.82) is 0 Å². The molecule has 2 atom stereocenters. The Hall–Kier alpha value is -1.75. The number of fused-ring (bicyclic) bond motifs is 1. The highest BCUT2D eigenvalue weighted by Gasteiger charge is 2.24. The molecule has 1 aliphatic heterocycles. The number of amides is 1. The summed E-state index contributed by atoms with van der Waals surface area (Å²) in [4.78, 5) is 12.0. The first-order valence-electron chi connectivity index (χ1n) is 7.23. The van der Waals surface area contributed by atoms with Gasteiger partial charge in [0.25, 0.3) is 5.91 Å². The van der Waals surface area contributed by atoms with Gasteiger partial charge in [0.15, 0.2) is 6.10 Å². The van der Waals surface area contributed by atoms with Crippen LogP contribution in [0.5, 0.6) is 11.5 Å². The Bertz CT molecular complexity index is 523. The first-order chi connectivity index (χ1) is 9.80. The second-order valence-corrected chi connectivity index (χ2v) is 6.35. The summed E-state index contributed by atoms with van der Waals surface area (Å²) in [7, 11) is 1.91. The summed E-state index contributed by atoms with van der Waals surface area (Å²) in [6.07, 6.45) is -0.552. The van der Waals surface area contributed by atoms with Crippen molar-refractivity contribution in [3.05, 3.63) is 23.8 Å². The topological polar surface area (TPSA) is 59.6 Å². The van der Waals surface area contributed by atoms with E-state index in [2.05, 4.69) is 10.6 Å². The number of carbonyl (C=O) groups excluding carboxylic acids is 1. The van der Waals surface area contributed by atoms with Crippen LogP contribution >= 0.6 is 0 Å². The maximum atomic E-state index is 12.0. The van der Waals surface area contributed by atoms with E-state index in [0.29, 0.717) is 12.4 Å². The largest absolute Gasteiger partial charge is 0.491 e. The summed E-state index contributed by atoms with van der Waals surface area (Å²) in [5.74, 6) is 1.33. The van der Waals surface area contributed by atoms with Crippen LogP contribution in [0.4, 0.5) is 0 Å². The number of carbonyl (C=O) groups is 1. The van der Waals surface area contributed by atoms with Gasteiger partial charge in [-0.2, -0.15) is 0 Å². The molecule has 0 saturated heterocycles. The Morgan fingerprint density at radius 2 is 2.14 bits per heavy atom. The average Bonchev–Trinajstić information content (AvgIpc) is 2.78. The molecule has 1 amide bonds. The smallest absolute Gasteiger partial charge is 0.261 e. The molecule has 2 unspecified atom stereocenters. The van der Waals surface area contributed by atoms with Gasteiger partial charge < -0.3 is 20.1 Å². The molecule has 2 N–H and O–H groups in total. The first-order valence-corrected chi connectivity index (χ1v) is 7.23. The standard InChI is InChI=1S/C16H24N2O3/c1-10(15(19)18-16(2,3)4)21-11-6-7-12-13(17-5)9-20-14(12)8-11/h6-8,10,13,17H,9H2,1-5H3,(H,18,19). The van der Waals surface area contributed by atoms with Gasteiger partial charge in [0, 0.05) is 17.2 Å². The molecule has 0 radical (unpaired) electrons. The normalized spacial score (nSPS) is 18.6. The van der Waals surface area contributed by atoms with Crippen LogP contribution < -0.4 is 20.1 Å². The predicted molar refractivity (Wildman–Crippen MR) is 81.7 cm³/mol. The molecule has 0 aromatic heterocycles. The summed E-state index contributed by atoms with van der Waals surface area (Å²) in [6.45, 7) is 8.19. The minimum absolute atomic E-state index is 0.128. The number of hydrogen-bond donors (Lipinski definition) is 2. The maximum Gasteiger partial charge on any atom is 0.261 e. The van der Waals surface area contributed by atoms with Gasteiger partial charge in [-0.15, -0.1) is 0 Å². The molecule has 1 aromatic rings. The van der Waals surface area contributed by atoms with Gasteiger partial charge in [-0.3, -0.25) is 4.79 Å². The number of likely N-dealkylation sites (N-methyl/N-ethyl adjacent to an activating group) is 1. The van der Waals surface area contributed by atoms with E-state index in [1.54, 1.807) is 6.92 Å². The van der Waals surface area contributed by atoms with Crippen LogP contribution in [0.15, 0.2) is 18.2 Å². The van der Waals surface area contributed by atoms with Crippen molar-refractivity contribution >= 4 is 5.91 Å². The molecule has 2 rings (SSSR count). The van der Waals surface area contributed by atoms with Gasteiger partial charge >= 0.3 is 0 Å². The van der Waals surface area contributed by atoms with E-state index in [-0.39, 0.29) is 17.5 Å². The van der Waals surface area contributed by atoms with Crippen LogP contribution in [0.3, 0.4) is 0 Å². The van der Waals surface area contributed by atoms with Crippen molar-refractivity contribution in [2.75, 3.05) is 13.7 Å². The zero-order chi connectivity index (χ0) is 15.6. The predicted octanol–water partition coefficient (Wildman–Crippen LogP) is 2.02. The van der Waals surface area contributed by atoms with Gasteiger partial charge in [0.1, 0.15) is 18.1 Å². The molecule has 116 valence electrons. The maximum absolute atomic E-state index is 12.0. The van der Waals surface area contributed by atoms with Gasteiger partial charge in [-0.1, -0.05) is 0 Å². The zero-order valence-corrected chi connectivity index (χ0v) is 13.3. The Kier molecular flexibility index (Phi) is 4.42. The number of hydrogen-bond acceptors (Lipinski definition) is 4. The summed E-state index contributed by atoms with van der Waals surface area (Å²) in [5.41, 5.74) is 0.854. The molecule has 0 aliphatic carbocycles. The molecule has 5 heteroatoms. The van der Waals surface area contributed by atoms with E-state index < -0.39 is 6.10 Å². The molecular weight excluding hydrogens is 268 g/mol. The van der Waals surface area contributed by atoms with Crippen molar-refractivity contribution < 1.29 is 14.3 Å². The van der Waals surface area contributed by atoms with E-state index in [1.165, 1.54) is 0 Å². The van der Waals surface area contributed by atoms with Crippen LogP contribution in [0.25, 0.3) is 0 Å². The van der Waals surface area contributed by atoms with Crippen LogP contribution in [-0.4, -0.2) is 31.2 Å². The SMILES string of the molecule is CNC1COc2cc(OC(C)C(=O)NC(C)(C)C)ccc21. The highest BCUT2D eigenvalue weighted by molar-refractivity contribution is 5.81. The van der Waals surface area contributed by atoms with Crippen LogP contribution in [0.2, 0.25) is 0 Å². The van der Waals surface area contributed by atoms with Gasteiger partial charge in [0.2, 0.25) is 0 Å². The summed E-state index contributed by atoms with van der Waals surface area (Å²) in [6, 6.07) is 5.91. The highest BCUT2D eigenvalue weighted by Crippen LogP contribution is 2.35. The third-order valence-corrected chi connectivity index (χ3v) is 3.29. The molecule has 5 nitrogen and oxygen atoms in total. The van der Waals surface area contributed by atoms with E-state index >= 15 is 0 Å². The minimum atomic E-state index is -0.552. The lowest BCUT2D eigenvalue weighted by Crippen LogP contribution is -2.46. The Balaban J connectivity index is 2.02. The Morgan fingerprint density at radius 3 is 2.76 bits per heavy atom. The number of benzene rings is 1. The van der Waals surface area contributed by atoms with Crippen LogP contribution in [0, 0.1) is 0 Å². The highest BCUT2D eigenvalue weighted by atomic mass is 16.5. The molecule has 1 aromatic carbocycles. The van der Waals surface area contributed by atoms with Crippen molar-refractivity contribution in [2.45, 2.75) is 45.4 Å². The van der Waals surface area contributed by atoms with Gasteiger partial charge in [-0.25, -0.2) is 0 Å². The minimum Gasteiger partial charge on any atom is -0.491 e. The van der Waals surface area contributed by atoms with E-state index in [4.69, 9.17) is 9.47 Å². The average molecular weight is 292 g/mol. The van der Waals surface area contributed by atoms with E-state index in [9.17, 15) is 4.79 Å². The van der Waals surface area contributed by atoms with Gasteiger partial charge in [-0.05, 0) is 46.9 Å². The fourth-order valence-electron chi connectivity index (χ4n) is 2.23. The van der Waals surface area contributed by atoms with Crippen LogP contribution in [0.1, 0.15) is 39.3 Å². The summed E-state index contributed by atoms with van der Waals surface area (Å²) < 4.78 is 11.3. The molecule has 0 fully saturated rings. The third kappa shape index (κ3) is 3.88. The molecule has 1 heterocycles. The van der Waals surface area contributed by atoms with Gasteiger partial charge in [0.05, 0.1) is 6.04 Å². The van der Waals surface area contributed by atoms with Crippen LogP contribution in [-0.2, 0) is 4.79 Å². The molecule has 21 heavy (non-hydrogen) atoms. The lowest BCUT2D eigenvalue weighted by molar-refractivity contribution is -0.128. The lowest BCUT2D eigenvalue weighted by atomic mass is 10.1. The van der Waals surface area contributed by atoms with Crippen molar-refractivity contribution in [3.63, 3.8) is 0 Å². The number of rotatable bonds is 4. The summed E-state index contributed by atoms with van der Waals surface area (Å²) >= 11 is 0. The molecule has 0 bridgehead atoms. The fraction of sp³-hybridized carbons (Fsp3) is 0.562. The molecule has 0 spiro atoms. The lowest BCUT2D eigenvalue weighted by Gasteiger charge is -2.23.